The number of rotatable bonds is 6. The fraction of sp³-hybridized carbons (Fsp3) is 0.560. The first kappa shape index (κ1) is 23.1. The molecule has 1 N–H and O–H groups in total. The zero-order valence-corrected chi connectivity index (χ0v) is 21.3. The van der Waals surface area contributed by atoms with Crippen LogP contribution in [0.5, 0.6) is 0 Å². The van der Waals surface area contributed by atoms with Crippen LogP contribution >= 0.6 is 34.5 Å². The summed E-state index contributed by atoms with van der Waals surface area (Å²) in [5.41, 5.74) is 0.928. The fourth-order valence-corrected chi connectivity index (χ4v) is 8.39. The molecule has 5 nitrogen and oxygen atoms in total. The Morgan fingerprint density at radius 3 is 2.58 bits per heavy atom. The van der Waals surface area contributed by atoms with Crippen LogP contribution in [0.25, 0.3) is 11.3 Å². The maximum Gasteiger partial charge on any atom is 0.235 e. The molecular formula is C25H29Cl2N3O2S. The molecule has 4 bridgehead atoms. The Balaban J connectivity index is 1.46. The van der Waals surface area contributed by atoms with Gasteiger partial charge < -0.3 is 5.32 Å². The number of hydrogen-bond donors (Lipinski definition) is 1. The molecule has 2 amide bonds. The quantitative estimate of drug-likeness (QED) is 0.498. The van der Waals surface area contributed by atoms with E-state index in [1.807, 2.05) is 16.3 Å². The van der Waals surface area contributed by atoms with Crippen LogP contribution in [-0.2, 0) is 9.59 Å². The van der Waals surface area contributed by atoms with Crippen LogP contribution < -0.4 is 10.2 Å². The molecule has 33 heavy (non-hydrogen) atoms. The van der Waals surface area contributed by atoms with Crippen molar-refractivity contribution < 1.29 is 9.59 Å². The lowest BCUT2D eigenvalue weighted by Crippen LogP contribution is -2.66. The van der Waals surface area contributed by atoms with Gasteiger partial charge in [-0.05, 0) is 75.0 Å². The molecule has 4 aliphatic carbocycles. The third kappa shape index (κ3) is 4.19. The maximum atomic E-state index is 14.2. The fourth-order valence-electron chi connectivity index (χ4n) is 7.04. The predicted molar refractivity (Wildman–Crippen MR) is 134 cm³/mol. The van der Waals surface area contributed by atoms with E-state index in [2.05, 4.69) is 12.2 Å². The first-order valence-corrected chi connectivity index (χ1v) is 13.4. The number of hydrogen-bond acceptors (Lipinski definition) is 4. The van der Waals surface area contributed by atoms with E-state index in [9.17, 15) is 9.59 Å². The van der Waals surface area contributed by atoms with Crippen LogP contribution in [0.2, 0.25) is 10.0 Å². The monoisotopic (exact) mass is 505 g/mol. The van der Waals surface area contributed by atoms with Crippen molar-refractivity contribution in [2.24, 2.45) is 17.3 Å². The van der Waals surface area contributed by atoms with Gasteiger partial charge in [-0.2, -0.15) is 0 Å². The van der Waals surface area contributed by atoms with Crippen molar-refractivity contribution in [3.05, 3.63) is 33.6 Å². The number of thiazole rings is 1. The van der Waals surface area contributed by atoms with E-state index in [4.69, 9.17) is 28.2 Å². The zero-order chi connectivity index (χ0) is 23.4. The second-order valence-electron chi connectivity index (χ2n) is 10.3. The van der Waals surface area contributed by atoms with Gasteiger partial charge in [0.15, 0.2) is 5.13 Å². The highest BCUT2D eigenvalue weighted by Gasteiger charge is 2.61. The second-order valence-corrected chi connectivity index (χ2v) is 12.0. The number of nitrogens with one attached hydrogen (secondary N) is 1. The molecule has 4 saturated carbocycles. The predicted octanol–water partition coefficient (Wildman–Crippen LogP) is 6.34. The summed E-state index contributed by atoms with van der Waals surface area (Å²) in [6.07, 6.45) is 6.62. The van der Waals surface area contributed by atoms with E-state index in [1.54, 1.807) is 19.1 Å². The van der Waals surface area contributed by atoms with Crippen LogP contribution in [-0.4, -0.2) is 28.9 Å². The van der Waals surface area contributed by atoms with E-state index in [1.165, 1.54) is 17.8 Å². The largest absolute Gasteiger partial charge is 0.351 e. The van der Waals surface area contributed by atoms with Crippen molar-refractivity contribution in [1.82, 2.24) is 10.3 Å². The maximum absolute atomic E-state index is 14.2. The SMILES string of the molecule is CCCN(C(=O)C12C[C@@H]3C[C@H](CC(NC(C)=O)(C3)C1)C2)c1nc(-c2ccc(Cl)cc2Cl)cs1. The van der Waals surface area contributed by atoms with Gasteiger partial charge >= 0.3 is 0 Å². The summed E-state index contributed by atoms with van der Waals surface area (Å²) in [5, 5.41) is 7.07. The number of carbonyl (C=O) groups is 2. The molecule has 1 aromatic heterocycles. The summed E-state index contributed by atoms with van der Waals surface area (Å²) in [6, 6.07) is 5.38. The van der Waals surface area contributed by atoms with E-state index < -0.39 is 5.41 Å². The molecule has 0 spiro atoms. The number of nitrogens with zero attached hydrogens (tertiary/aromatic N) is 2. The van der Waals surface area contributed by atoms with Crippen molar-refractivity contribution in [1.29, 1.82) is 0 Å². The first-order valence-electron chi connectivity index (χ1n) is 11.7. The van der Waals surface area contributed by atoms with Gasteiger partial charge in [0.25, 0.3) is 0 Å². The van der Waals surface area contributed by atoms with Gasteiger partial charge in [0.05, 0.1) is 16.1 Å². The van der Waals surface area contributed by atoms with Crippen LogP contribution in [0.1, 0.15) is 58.8 Å². The van der Waals surface area contributed by atoms with Gasteiger partial charge in [0.1, 0.15) is 0 Å². The summed E-state index contributed by atoms with van der Waals surface area (Å²) < 4.78 is 0. The molecule has 8 heteroatoms. The van der Waals surface area contributed by atoms with Crippen molar-refractivity contribution in [2.75, 3.05) is 11.4 Å². The Labute approximate surface area is 208 Å². The van der Waals surface area contributed by atoms with Gasteiger partial charge in [-0.15, -0.1) is 11.3 Å². The lowest BCUT2D eigenvalue weighted by molar-refractivity contribution is -0.150. The number of carbonyl (C=O) groups excluding carboxylic acids is 2. The Hall–Kier alpha value is -1.63. The molecule has 2 atom stereocenters. The van der Waals surface area contributed by atoms with Crippen molar-refractivity contribution >= 4 is 51.5 Å². The second kappa shape index (κ2) is 8.54. The van der Waals surface area contributed by atoms with Crippen molar-refractivity contribution in [3.63, 3.8) is 0 Å². The van der Waals surface area contributed by atoms with Gasteiger partial charge in [-0.25, -0.2) is 4.98 Å². The summed E-state index contributed by atoms with van der Waals surface area (Å²) in [6.45, 7) is 4.31. The average Bonchev–Trinajstić information content (AvgIpc) is 3.19. The molecule has 0 saturated heterocycles. The summed E-state index contributed by atoms with van der Waals surface area (Å²) in [5.74, 6) is 1.20. The molecule has 1 aromatic carbocycles. The van der Waals surface area contributed by atoms with Crippen LogP contribution in [0.4, 0.5) is 5.13 Å². The lowest BCUT2D eigenvalue weighted by atomic mass is 9.46. The molecule has 2 aromatic rings. The summed E-state index contributed by atoms with van der Waals surface area (Å²) in [7, 11) is 0. The number of anilines is 1. The van der Waals surface area contributed by atoms with E-state index in [0.717, 1.165) is 49.8 Å². The standard InChI is InChI=1S/C25H29Cl2N3O2S/c1-3-6-30(23-28-21(13-33-23)19-5-4-18(26)8-20(19)27)22(32)24-9-16-7-17(10-24)12-25(11-16,14-24)29-15(2)31/h4-5,8,13,16-17H,3,6-7,9-12,14H2,1-2H3,(H,29,31)/t16-,17-,24?,25?/m0/s1. The molecule has 4 aliphatic rings. The summed E-state index contributed by atoms with van der Waals surface area (Å²) in [4.78, 5) is 32.9. The Bertz CT molecular complexity index is 1090. The van der Waals surface area contributed by atoms with Crippen molar-refractivity contribution in [3.8, 4) is 11.3 Å². The van der Waals surface area contributed by atoms with Crippen LogP contribution in [0, 0.1) is 17.3 Å². The number of benzene rings is 1. The highest BCUT2D eigenvalue weighted by molar-refractivity contribution is 7.14. The lowest BCUT2D eigenvalue weighted by Gasteiger charge is -2.61. The molecule has 1 heterocycles. The summed E-state index contributed by atoms with van der Waals surface area (Å²) >= 11 is 13.9. The zero-order valence-electron chi connectivity index (χ0n) is 19.0. The van der Waals surface area contributed by atoms with Gasteiger partial charge in [0, 0.05) is 35.0 Å². The Morgan fingerprint density at radius 1 is 1.21 bits per heavy atom. The van der Waals surface area contributed by atoms with Crippen LogP contribution in [0.3, 0.4) is 0 Å². The highest BCUT2D eigenvalue weighted by Crippen LogP contribution is 2.62. The molecule has 176 valence electrons. The smallest absolute Gasteiger partial charge is 0.235 e. The average molecular weight is 506 g/mol. The Morgan fingerprint density at radius 2 is 1.94 bits per heavy atom. The topological polar surface area (TPSA) is 62.3 Å². The number of halogens is 2. The molecule has 6 rings (SSSR count). The molecular weight excluding hydrogens is 477 g/mol. The Kier molecular flexibility index (Phi) is 5.99. The first-order chi connectivity index (χ1) is 15.7. The normalized spacial score (nSPS) is 29.8. The molecule has 0 unspecified atom stereocenters. The minimum absolute atomic E-state index is 0.00868. The van der Waals surface area contributed by atoms with Gasteiger partial charge in [0.2, 0.25) is 11.8 Å². The minimum atomic E-state index is -0.411. The number of aromatic nitrogens is 1. The van der Waals surface area contributed by atoms with Crippen LogP contribution in [0.15, 0.2) is 23.6 Å². The van der Waals surface area contributed by atoms with E-state index in [0.29, 0.717) is 33.6 Å². The van der Waals surface area contributed by atoms with Gasteiger partial charge in [-0.3, -0.25) is 14.5 Å². The van der Waals surface area contributed by atoms with Gasteiger partial charge in [-0.1, -0.05) is 30.1 Å². The minimum Gasteiger partial charge on any atom is -0.351 e. The van der Waals surface area contributed by atoms with Crippen molar-refractivity contribution in [2.45, 2.75) is 64.3 Å². The third-order valence-corrected chi connectivity index (χ3v) is 8.99. The molecule has 0 aliphatic heterocycles. The number of amides is 2. The third-order valence-electron chi connectivity index (χ3n) is 7.58. The van der Waals surface area contributed by atoms with E-state index in [-0.39, 0.29) is 17.4 Å². The molecule has 4 fully saturated rings. The van der Waals surface area contributed by atoms with E-state index >= 15 is 0 Å². The molecule has 0 radical (unpaired) electrons. The highest BCUT2D eigenvalue weighted by atomic mass is 35.5.